The number of hydrogen-bond donors (Lipinski definition) is 1. The zero-order valence-corrected chi connectivity index (χ0v) is 6.54. The van der Waals surface area contributed by atoms with Crippen LogP contribution in [0.3, 0.4) is 0 Å². The second kappa shape index (κ2) is 3.21. The Hall–Kier alpha value is -1.92. The molecule has 0 radical (unpaired) electrons. The third-order valence-corrected chi connectivity index (χ3v) is 1.34. The van der Waals surface area contributed by atoms with Gasteiger partial charge in [0.2, 0.25) is 11.5 Å². The number of aromatic nitrogens is 1. The number of methoxy groups -OCH3 is 1. The number of ether oxygens (including phenoxy) is 1. The molecule has 70 valence electrons. The van der Waals surface area contributed by atoms with Gasteiger partial charge in [-0.3, -0.25) is 0 Å². The van der Waals surface area contributed by atoms with Crippen LogP contribution in [0.2, 0.25) is 0 Å². The molecule has 0 aliphatic carbocycles. The Kier molecular flexibility index (Phi) is 2.27. The van der Waals surface area contributed by atoms with Crippen LogP contribution in [0.1, 0.15) is 10.5 Å². The molecule has 0 saturated heterocycles. The van der Waals surface area contributed by atoms with E-state index in [4.69, 9.17) is 0 Å². The first-order valence-corrected chi connectivity index (χ1v) is 3.17. The maximum absolute atomic E-state index is 12.7. The lowest BCUT2D eigenvalue weighted by Crippen LogP contribution is -2.01. The van der Waals surface area contributed by atoms with E-state index in [0.29, 0.717) is 6.07 Å². The molecular weight excluding hydrogens is 183 g/mol. The standard InChI is InChI=1S/C6H5FN2O4/c1-13-6(10)4-2-3(7)5(8-4)9(11)12/h2,8H,1H3. The van der Waals surface area contributed by atoms with Crippen LogP contribution >= 0.6 is 0 Å². The summed E-state index contributed by atoms with van der Waals surface area (Å²) in [6, 6.07) is 0.712. The van der Waals surface area contributed by atoms with Gasteiger partial charge in [0.15, 0.2) is 0 Å². The Bertz CT molecular complexity index is 360. The monoisotopic (exact) mass is 188 g/mol. The van der Waals surface area contributed by atoms with Gasteiger partial charge in [-0.1, -0.05) is 0 Å². The van der Waals surface area contributed by atoms with E-state index in [1.807, 2.05) is 4.98 Å². The van der Waals surface area contributed by atoms with Crippen LogP contribution in [0.25, 0.3) is 0 Å². The number of halogens is 1. The molecule has 6 nitrogen and oxygen atoms in total. The summed E-state index contributed by atoms with van der Waals surface area (Å²) in [6.45, 7) is 0. The fourth-order valence-electron chi connectivity index (χ4n) is 0.771. The molecule has 1 rings (SSSR count). The number of nitrogens with one attached hydrogen (secondary N) is 1. The lowest BCUT2D eigenvalue weighted by molar-refractivity contribution is -0.391. The molecule has 0 aromatic carbocycles. The Balaban J connectivity index is 3.09. The zero-order valence-electron chi connectivity index (χ0n) is 6.54. The van der Waals surface area contributed by atoms with E-state index >= 15 is 0 Å². The first kappa shape index (κ1) is 9.17. The summed E-state index contributed by atoms with van der Waals surface area (Å²) in [7, 11) is 1.09. The number of rotatable bonds is 2. The maximum Gasteiger partial charge on any atom is 0.378 e. The van der Waals surface area contributed by atoms with E-state index in [-0.39, 0.29) is 5.69 Å². The van der Waals surface area contributed by atoms with Crippen molar-refractivity contribution < 1.29 is 18.8 Å². The molecular formula is C6H5FN2O4. The van der Waals surface area contributed by atoms with E-state index in [1.165, 1.54) is 0 Å². The average Bonchev–Trinajstić information content (AvgIpc) is 2.46. The number of hydrogen-bond acceptors (Lipinski definition) is 4. The van der Waals surface area contributed by atoms with Crippen molar-refractivity contribution in [3.8, 4) is 0 Å². The van der Waals surface area contributed by atoms with Crippen molar-refractivity contribution in [1.29, 1.82) is 0 Å². The topological polar surface area (TPSA) is 85.2 Å². The highest BCUT2D eigenvalue weighted by Gasteiger charge is 2.22. The molecule has 0 atom stereocenters. The molecule has 0 bridgehead atoms. The largest absolute Gasteiger partial charge is 0.463 e. The number of nitrogens with zero attached hydrogens (tertiary/aromatic N) is 1. The van der Waals surface area contributed by atoms with Gasteiger partial charge in [0.1, 0.15) is 0 Å². The minimum Gasteiger partial charge on any atom is -0.463 e. The Labute approximate surface area is 71.5 Å². The molecule has 0 aliphatic heterocycles. The molecule has 1 N–H and O–H groups in total. The van der Waals surface area contributed by atoms with E-state index in [9.17, 15) is 19.3 Å². The maximum atomic E-state index is 12.7. The van der Waals surface area contributed by atoms with Crippen LogP contribution in [-0.2, 0) is 4.74 Å². The molecule has 0 aliphatic rings. The van der Waals surface area contributed by atoms with Gasteiger partial charge in [0.05, 0.1) is 7.11 Å². The van der Waals surface area contributed by atoms with Gasteiger partial charge in [-0.2, -0.15) is 4.39 Å². The van der Waals surface area contributed by atoms with Crippen LogP contribution in [-0.4, -0.2) is 23.0 Å². The van der Waals surface area contributed by atoms with E-state index in [1.54, 1.807) is 0 Å². The number of carbonyl (C=O) groups is 1. The van der Waals surface area contributed by atoms with Gasteiger partial charge in [-0.25, -0.2) is 9.78 Å². The number of aromatic amines is 1. The van der Waals surface area contributed by atoms with Gasteiger partial charge in [0.25, 0.3) is 0 Å². The smallest absolute Gasteiger partial charge is 0.378 e. The molecule has 0 unspecified atom stereocenters. The second-order valence-electron chi connectivity index (χ2n) is 2.13. The van der Waals surface area contributed by atoms with Crippen molar-refractivity contribution in [1.82, 2.24) is 4.98 Å². The van der Waals surface area contributed by atoms with Crippen LogP contribution < -0.4 is 0 Å². The van der Waals surface area contributed by atoms with Crippen molar-refractivity contribution in [2.45, 2.75) is 0 Å². The predicted molar refractivity (Wildman–Crippen MR) is 38.7 cm³/mol. The van der Waals surface area contributed by atoms with E-state index in [2.05, 4.69) is 4.74 Å². The van der Waals surface area contributed by atoms with Gasteiger partial charge in [0, 0.05) is 6.07 Å². The summed E-state index contributed by atoms with van der Waals surface area (Å²) >= 11 is 0. The summed E-state index contributed by atoms with van der Waals surface area (Å²) in [5.41, 5.74) is -0.285. The first-order chi connectivity index (χ1) is 6.06. The van der Waals surface area contributed by atoms with Crippen molar-refractivity contribution in [3.63, 3.8) is 0 Å². The number of H-pyrrole nitrogens is 1. The van der Waals surface area contributed by atoms with Gasteiger partial charge >= 0.3 is 11.8 Å². The number of carbonyl (C=O) groups excluding carboxylic acids is 1. The molecule has 13 heavy (non-hydrogen) atoms. The lowest BCUT2D eigenvalue weighted by Gasteiger charge is -1.90. The SMILES string of the molecule is COC(=O)c1cc(F)c([N+](=O)[O-])[nH]1. The summed E-state index contributed by atoms with van der Waals surface area (Å²) in [5.74, 6) is -2.79. The van der Waals surface area contributed by atoms with Crippen molar-refractivity contribution in [2.75, 3.05) is 7.11 Å². The Morgan fingerprint density at radius 2 is 2.38 bits per heavy atom. The molecule has 1 aromatic rings. The molecule has 0 saturated carbocycles. The summed E-state index contributed by atoms with van der Waals surface area (Å²) in [4.78, 5) is 21.9. The third-order valence-electron chi connectivity index (χ3n) is 1.34. The van der Waals surface area contributed by atoms with E-state index in [0.717, 1.165) is 7.11 Å². The van der Waals surface area contributed by atoms with Crippen molar-refractivity contribution in [2.24, 2.45) is 0 Å². The van der Waals surface area contributed by atoms with Crippen LogP contribution in [0.15, 0.2) is 6.07 Å². The lowest BCUT2D eigenvalue weighted by atomic mass is 10.4. The predicted octanol–water partition coefficient (Wildman–Crippen LogP) is 0.849. The Morgan fingerprint density at radius 1 is 1.77 bits per heavy atom. The zero-order chi connectivity index (χ0) is 10.0. The average molecular weight is 188 g/mol. The fourth-order valence-corrected chi connectivity index (χ4v) is 0.771. The minimum atomic E-state index is -1.09. The molecule has 7 heteroatoms. The van der Waals surface area contributed by atoms with Crippen LogP contribution in [0, 0.1) is 15.9 Å². The molecule has 0 spiro atoms. The highest BCUT2D eigenvalue weighted by Crippen LogP contribution is 2.16. The highest BCUT2D eigenvalue weighted by atomic mass is 19.1. The van der Waals surface area contributed by atoms with Crippen LogP contribution in [0.5, 0.6) is 0 Å². The highest BCUT2D eigenvalue weighted by molar-refractivity contribution is 5.87. The minimum absolute atomic E-state index is 0.285. The number of nitro groups is 1. The van der Waals surface area contributed by atoms with E-state index < -0.39 is 22.5 Å². The first-order valence-electron chi connectivity index (χ1n) is 3.17. The molecule has 1 aromatic heterocycles. The second-order valence-corrected chi connectivity index (χ2v) is 2.13. The van der Waals surface area contributed by atoms with Gasteiger partial charge < -0.3 is 14.9 Å². The summed E-state index contributed by atoms with van der Waals surface area (Å²) in [5, 5.41) is 10.1. The van der Waals surface area contributed by atoms with Gasteiger partial charge in [-0.05, 0) is 4.92 Å². The summed E-state index contributed by atoms with van der Waals surface area (Å²) in [6.07, 6.45) is 0. The third kappa shape index (κ3) is 1.63. The molecule has 0 amide bonds. The molecule has 1 heterocycles. The Morgan fingerprint density at radius 3 is 2.77 bits per heavy atom. The number of esters is 1. The quantitative estimate of drug-likeness (QED) is 0.423. The van der Waals surface area contributed by atoms with Gasteiger partial charge in [-0.15, -0.1) is 0 Å². The fraction of sp³-hybridized carbons (Fsp3) is 0.167. The summed E-state index contributed by atoms with van der Waals surface area (Å²) < 4.78 is 16.9. The van der Waals surface area contributed by atoms with Crippen molar-refractivity contribution in [3.05, 3.63) is 27.7 Å². The normalized spacial score (nSPS) is 9.69. The van der Waals surface area contributed by atoms with Crippen LogP contribution in [0.4, 0.5) is 10.2 Å². The molecule has 0 fully saturated rings. The van der Waals surface area contributed by atoms with Crippen molar-refractivity contribution >= 4 is 11.8 Å².